The van der Waals surface area contributed by atoms with Gasteiger partial charge < -0.3 is 4.98 Å². The number of benzene rings is 2. The Morgan fingerprint density at radius 2 is 1.74 bits per heavy atom. The summed E-state index contributed by atoms with van der Waals surface area (Å²) in [6.45, 7) is 5.26. The summed E-state index contributed by atoms with van der Waals surface area (Å²) in [5, 5.41) is 0. The zero-order valence-corrected chi connectivity index (χ0v) is 20.4. The van der Waals surface area contributed by atoms with Crippen LogP contribution in [0.4, 0.5) is 0 Å². The third-order valence-electron chi connectivity index (χ3n) is 7.67. The van der Waals surface area contributed by atoms with E-state index in [1.54, 1.807) is 0 Å². The zero-order chi connectivity index (χ0) is 23.5. The van der Waals surface area contributed by atoms with Crippen LogP contribution < -0.4 is 0 Å². The molecule has 2 atom stereocenters. The van der Waals surface area contributed by atoms with Gasteiger partial charge in [0, 0.05) is 25.3 Å². The van der Waals surface area contributed by atoms with Gasteiger partial charge in [-0.25, -0.2) is 4.98 Å². The molecular formula is C30H35N5. The maximum absolute atomic E-state index is 4.89. The number of para-hydroxylation sites is 2. The molecular weight excluding hydrogens is 430 g/mol. The average molecular weight is 466 g/mol. The first-order valence-corrected chi connectivity index (χ1v) is 13.2. The summed E-state index contributed by atoms with van der Waals surface area (Å²) in [6.07, 6.45) is 15.0. The van der Waals surface area contributed by atoms with Gasteiger partial charge in [0.2, 0.25) is 0 Å². The molecule has 0 amide bonds. The monoisotopic (exact) mass is 465 g/mol. The topological polar surface area (TPSA) is 47.5 Å². The summed E-state index contributed by atoms with van der Waals surface area (Å²) in [5.74, 6) is 1.03. The highest BCUT2D eigenvalue weighted by atomic mass is 15.2. The molecule has 1 aliphatic carbocycles. The lowest BCUT2D eigenvalue weighted by Gasteiger charge is -2.34. The maximum Gasteiger partial charge on any atom is 0.121 e. The first-order chi connectivity index (χ1) is 17.3. The van der Waals surface area contributed by atoms with Gasteiger partial charge in [-0.05, 0) is 73.7 Å². The second-order valence-electron chi connectivity index (χ2n) is 10.2. The van der Waals surface area contributed by atoms with Gasteiger partial charge in [-0.15, -0.1) is 0 Å². The van der Waals surface area contributed by atoms with Gasteiger partial charge in [0.15, 0.2) is 0 Å². The third-order valence-corrected chi connectivity index (χ3v) is 7.67. The molecule has 1 fully saturated rings. The summed E-state index contributed by atoms with van der Waals surface area (Å²) in [5.41, 5.74) is 6.29. The quantitative estimate of drug-likeness (QED) is 0.491. The molecule has 3 aliphatic rings. The number of hydrogen-bond acceptors (Lipinski definition) is 4. The van der Waals surface area contributed by atoms with Gasteiger partial charge >= 0.3 is 0 Å². The SMILES string of the molecule is C1=CC2=CC(N(Cc3ccc(CN4CCCCC4)cc3)Cc3nc4ccccc4[nH]3)CCC2N=C1. The fraction of sp³-hybridized carbons (Fsp3) is 0.400. The molecule has 180 valence electrons. The minimum Gasteiger partial charge on any atom is -0.341 e. The van der Waals surface area contributed by atoms with Gasteiger partial charge in [0.25, 0.3) is 0 Å². The van der Waals surface area contributed by atoms with Gasteiger partial charge in [-0.2, -0.15) is 0 Å². The number of aliphatic imine (C=N–C) groups is 1. The Labute approximate surface area is 208 Å². The minimum absolute atomic E-state index is 0.332. The molecule has 2 unspecified atom stereocenters. The van der Waals surface area contributed by atoms with Crippen LogP contribution in [0, 0.1) is 0 Å². The van der Waals surface area contributed by atoms with Crippen LogP contribution in [0.1, 0.15) is 49.1 Å². The first-order valence-electron chi connectivity index (χ1n) is 13.2. The molecule has 3 heterocycles. The Hall–Kier alpha value is -3.02. The number of fused-ring (bicyclic) bond motifs is 2. The summed E-state index contributed by atoms with van der Waals surface area (Å²) in [4.78, 5) is 18.3. The van der Waals surface area contributed by atoms with Gasteiger partial charge in [0.05, 0.1) is 23.6 Å². The van der Waals surface area contributed by atoms with Crippen molar-refractivity contribution in [2.75, 3.05) is 13.1 Å². The van der Waals surface area contributed by atoms with Crippen molar-refractivity contribution < 1.29 is 0 Å². The molecule has 35 heavy (non-hydrogen) atoms. The molecule has 1 saturated heterocycles. The Balaban J connectivity index is 1.21. The van der Waals surface area contributed by atoms with E-state index >= 15 is 0 Å². The van der Waals surface area contributed by atoms with Crippen molar-refractivity contribution in [3.8, 4) is 0 Å². The van der Waals surface area contributed by atoms with Crippen molar-refractivity contribution in [3.05, 3.63) is 89.3 Å². The van der Waals surface area contributed by atoms with E-state index < -0.39 is 0 Å². The number of H-pyrrole nitrogens is 1. The van der Waals surface area contributed by atoms with E-state index in [1.807, 2.05) is 6.21 Å². The highest BCUT2D eigenvalue weighted by Gasteiger charge is 2.27. The predicted octanol–water partition coefficient (Wildman–Crippen LogP) is 5.65. The minimum atomic E-state index is 0.332. The van der Waals surface area contributed by atoms with Crippen molar-refractivity contribution in [1.82, 2.24) is 19.8 Å². The van der Waals surface area contributed by atoms with Crippen LogP contribution in [0.25, 0.3) is 11.0 Å². The maximum atomic E-state index is 4.89. The molecule has 6 rings (SSSR count). The van der Waals surface area contributed by atoms with E-state index in [9.17, 15) is 0 Å². The van der Waals surface area contributed by atoms with E-state index in [0.29, 0.717) is 12.1 Å². The second-order valence-corrected chi connectivity index (χ2v) is 10.2. The van der Waals surface area contributed by atoms with Crippen LogP contribution in [-0.4, -0.2) is 51.2 Å². The van der Waals surface area contributed by atoms with E-state index in [1.165, 1.54) is 49.1 Å². The molecule has 5 nitrogen and oxygen atoms in total. The van der Waals surface area contributed by atoms with Crippen LogP contribution in [0.2, 0.25) is 0 Å². The number of nitrogens with zero attached hydrogens (tertiary/aromatic N) is 4. The lowest BCUT2D eigenvalue weighted by molar-refractivity contribution is 0.188. The molecule has 0 bridgehead atoms. The number of aromatic nitrogens is 2. The molecule has 5 heteroatoms. The number of piperidine rings is 1. The van der Waals surface area contributed by atoms with Crippen molar-refractivity contribution in [2.24, 2.45) is 4.99 Å². The number of allylic oxidation sites excluding steroid dienone is 1. The molecule has 0 saturated carbocycles. The molecule has 1 N–H and O–H groups in total. The van der Waals surface area contributed by atoms with E-state index in [4.69, 9.17) is 4.98 Å². The third kappa shape index (κ3) is 5.31. The van der Waals surface area contributed by atoms with Crippen molar-refractivity contribution in [2.45, 2.75) is 63.8 Å². The van der Waals surface area contributed by atoms with Crippen LogP contribution in [-0.2, 0) is 19.6 Å². The molecule has 0 radical (unpaired) electrons. The smallest absolute Gasteiger partial charge is 0.121 e. The van der Waals surface area contributed by atoms with E-state index in [2.05, 4.69) is 86.5 Å². The molecule has 3 aromatic rings. The van der Waals surface area contributed by atoms with Gasteiger partial charge in [0.1, 0.15) is 5.82 Å². The average Bonchev–Trinajstić information content (AvgIpc) is 3.32. The zero-order valence-electron chi connectivity index (χ0n) is 20.4. The van der Waals surface area contributed by atoms with Crippen molar-refractivity contribution in [3.63, 3.8) is 0 Å². The van der Waals surface area contributed by atoms with Gasteiger partial charge in [-0.3, -0.25) is 14.8 Å². The summed E-state index contributed by atoms with van der Waals surface area (Å²) < 4.78 is 0. The lowest BCUT2D eigenvalue weighted by Crippen LogP contribution is -2.37. The molecule has 2 aliphatic heterocycles. The standard InChI is InChI=1S/C30H35N5/c1-4-17-34(18-5-1)20-23-10-12-24(13-11-23)21-35(22-30-32-28-8-2-3-9-29(28)33-30)26-14-15-27-25(19-26)7-6-16-31-27/h2-3,6-13,16,19,26-27H,1,4-5,14-15,17-18,20-22H2,(H,32,33). The number of aromatic amines is 1. The Morgan fingerprint density at radius 1 is 0.914 bits per heavy atom. The number of imidazole rings is 1. The number of dihydropyridines is 1. The highest BCUT2D eigenvalue weighted by Crippen LogP contribution is 2.29. The molecule has 1 aromatic heterocycles. The number of hydrogen-bond donors (Lipinski definition) is 1. The summed E-state index contributed by atoms with van der Waals surface area (Å²) in [7, 11) is 0. The molecule has 2 aromatic carbocycles. The first kappa shape index (κ1) is 22.4. The largest absolute Gasteiger partial charge is 0.341 e. The fourth-order valence-electron chi connectivity index (χ4n) is 5.76. The lowest BCUT2D eigenvalue weighted by atomic mass is 9.89. The normalized spacial score (nSPS) is 22.5. The molecule has 0 spiro atoms. The van der Waals surface area contributed by atoms with Gasteiger partial charge in [-0.1, -0.05) is 55.0 Å². The summed E-state index contributed by atoms with van der Waals surface area (Å²) >= 11 is 0. The van der Waals surface area contributed by atoms with E-state index in [-0.39, 0.29) is 0 Å². The number of likely N-dealkylation sites (tertiary alicyclic amines) is 1. The Kier molecular flexibility index (Phi) is 6.61. The number of rotatable bonds is 7. The van der Waals surface area contributed by atoms with Crippen LogP contribution in [0.5, 0.6) is 0 Å². The van der Waals surface area contributed by atoms with Crippen LogP contribution in [0.15, 0.2) is 77.3 Å². The summed E-state index contributed by atoms with van der Waals surface area (Å²) in [6, 6.07) is 18.3. The van der Waals surface area contributed by atoms with E-state index in [0.717, 1.165) is 49.3 Å². The second kappa shape index (κ2) is 10.3. The van der Waals surface area contributed by atoms with Crippen molar-refractivity contribution >= 4 is 17.2 Å². The van der Waals surface area contributed by atoms with Crippen LogP contribution in [0.3, 0.4) is 0 Å². The number of nitrogens with one attached hydrogen (secondary N) is 1. The Morgan fingerprint density at radius 3 is 2.60 bits per heavy atom. The Bertz CT molecular complexity index is 1200. The fourth-order valence-corrected chi connectivity index (χ4v) is 5.76. The predicted molar refractivity (Wildman–Crippen MR) is 143 cm³/mol. The van der Waals surface area contributed by atoms with Crippen LogP contribution >= 0.6 is 0 Å². The van der Waals surface area contributed by atoms with Crippen molar-refractivity contribution in [1.29, 1.82) is 0 Å². The highest BCUT2D eigenvalue weighted by molar-refractivity contribution is 5.75.